The Morgan fingerprint density at radius 2 is 0.800 bits per heavy atom. The van der Waals surface area contributed by atoms with Crippen molar-refractivity contribution in [1.82, 2.24) is 9.97 Å². The highest BCUT2D eigenvalue weighted by molar-refractivity contribution is 5.71. The Morgan fingerprint density at radius 1 is 0.440 bits per heavy atom. The van der Waals surface area contributed by atoms with Gasteiger partial charge >= 0.3 is 0 Å². The summed E-state index contributed by atoms with van der Waals surface area (Å²) in [4.78, 5) is 9.19. The molecule has 1 aliphatic heterocycles. The van der Waals surface area contributed by atoms with E-state index in [4.69, 9.17) is 18.9 Å². The molecule has 2 spiro atoms. The first-order valence-corrected chi connectivity index (χ1v) is 17.5. The SMILES string of the molecule is c1ccc2c(c1)C1c3ccccc3C23OCCOCc2ccnc(c2)-c2cc(ccn2)COCCOC32c3ccccc3C1c1ccccc12. The minimum absolute atomic E-state index is 0.107. The van der Waals surface area contributed by atoms with Crippen molar-refractivity contribution in [3.8, 4) is 11.4 Å². The molecule has 4 aromatic carbocycles. The number of aromatic nitrogens is 2. The molecular weight excluding hydrogens is 620 g/mol. The summed E-state index contributed by atoms with van der Waals surface area (Å²) in [7, 11) is 0. The molecule has 0 amide bonds. The van der Waals surface area contributed by atoms with Crippen LogP contribution in [0.4, 0.5) is 0 Å². The third-order valence-corrected chi connectivity index (χ3v) is 11.1. The highest BCUT2D eigenvalue weighted by Crippen LogP contribution is 2.69. The molecule has 6 aromatic rings. The number of ether oxygens (including phenoxy) is 4. The van der Waals surface area contributed by atoms with E-state index < -0.39 is 11.2 Å². The van der Waals surface area contributed by atoms with Gasteiger partial charge in [0, 0.05) is 24.2 Å². The van der Waals surface area contributed by atoms with Crippen molar-refractivity contribution in [3.63, 3.8) is 0 Å². The molecule has 50 heavy (non-hydrogen) atoms. The van der Waals surface area contributed by atoms with Gasteiger partial charge < -0.3 is 18.9 Å². The molecule has 6 nitrogen and oxygen atoms in total. The minimum atomic E-state index is -1.03. The lowest BCUT2D eigenvalue weighted by molar-refractivity contribution is -0.197. The number of pyridine rings is 2. The molecule has 6 aliphatic carbocycles. The van der Waals surface area contributed by atoms with Crippen LogP contribution in [0.25, 0.3) is 11.4 Å². The van der Waals surface area contributed by atoms with Gasteiger partial charge in [-0.1, -0.05) is 97.1 Å². The van der Waals surface area contributed by atoms with Gasteiger partial charge in [-0.15, -0.1) is 0 Å². The van der Waals surface area contributed by atoms with Crippen LogP contribution >= 0.6 is 0 Å². The van der Waals surface area contributed by atoms with E-state index in [9.17, 15) is 0 Å². The molecule has 0 unspecified atom stereocenters. The van der Waals surface area contributed by atoms with Crippen molar-refractivity contribution < 1.29 is 18.9 Å². The van der Waals surface area contributed by atoms with Crippen LogP contribution in [0.15, 0.2) is 134 Å². The monoisotopic (exact) mass is 656 g/mol. The summed E-state index contributed by atoms with van der Waals surface area (Å²) >= 11 is 0. The van der Waals surface area contributed by atoms with E-state index >= 15 is 0 Å². The maximum absolute atomic E-state index is 7.56. The summed E-state index contributed by atoms with van der Waals surface area (Å²) in [5, 5.41) is 0. The number of rotatable bonds is 0. The van der Waals surface area contributed by atoms with E-state index in [1.54, 1.807) is 0 Å². The Hall–Kier alpha value is -4.98. The fourth-order valence-electron chi connectivity index (χ4n) is 9.27. The summed E-state index contributed by atoms with van der Waals surface area (Å²) in [6.07, 6.45) is 3.64. The molecular formula is C44H36N2O4. The van der Waals surface area contributed by atoms with Gasteiger partial charge in [0.2, 0.25) is 0 Å². The molecule has 0 radical (unpaired) electrons. The minimum Gasteiger partial charge on any atom is -0.374 e. The van der Waals surface area contributed by atoms with Gasteiger partial charge in [-0.3, -0.25) is 9.97 Å². The summed E-state index contributed by atoms with van der Waals surface area (Å²) in [6.45, 7) is 2.35. The predicted molar refractivity (Wildman–Crippen MR) is 190 cm³/mol. The fraction of sp³-hybridized carbons (Fsp3) is 0.227. The van der Waals surface area contributed by atoms with Crippen LogP contribution in [0.1, 0.15) is 67.5 Å². The first-order valence-electron chi connectivity index (χ1n) is 17.5. The third-order valence-electron chi connectivity index (χ3n) is 11.1. The van der Waals surface area contributed by atoms with Gasteiger partial charge in [0.1, 0.15) is 0 Å². The zero-order chi connectivity index (χ0) is 33.1. The molecule has 6 heteroatoms. The Balaban J connectivity index is 1.20. The van der Waals surface area contributed by atoms with Crippen LogP contribution in [0.3, 0.4) is 0 Å². The lowest BCUT2D eigenvalue weighted by Crippen LogP contribution is -2.61. The molecule has 8 bridgehead atoms. The zero-order valence-electron chi connectivity index (χ0n) is 27.6. The molecule has 246 valence electrons. The van der Waals surface area contributed by atoms with Crippen LogP contribution in [0.2, 0.25) is 0 Å². The van der Waals surface area contributed by atoms with Gasteiger partial charge in [0.25, 0.3) is 0 Å². The molecule has 0 atom stereocenters. The molecule has 3 heterocycles. The standard InChI is InChI=1S/C44H36N2O4/c1-5-13-35-31(9-1)41-32-10-2-6-14-36(32)43(35)44(37-15-7-3-11-33(37)42(41)34-12-4-8-16-38(34)44)50-24-22-48-28-30-18-20-46-40(26-30)39-25-29(17-19-45-39)27-47-21-23-49-43/h1-20,25-26,41-42H,21-24,27-28H2. The Bertz CT molecular complexity index is 1990. The first kappa shape index (κ1) is 29.9. The molecule has 13 rings (SSSR count). The van der Waals surface area contributed by atoms with Crippen molar-refractivity contribution >= 4 is 0 Å². The van der Waals surface area contributed by atoms with Crippen molar-refractivity contribution in [2.24, 2.45) is 0 Å². The molecule has 0 saturated heterocycles. The van der Waals surface area contributed by atoms with Gasteiger partial charge in [-0.05, 0) is 79.9 Å². The maximum Gasteiger partial charge on any atom is 0.156 e. The Kier molecular flexibility index (Phi) is 7.07. The van der Waals surface area contributed by atoms with E-state index in [1.807, 2.05) is 36.7 Å². The summed E-state index contributed by atoms with van der Waals surface area (Å²) < 4.78 is 27.9. The molecule has 0 saturated carbocycles. The second-order valence-corrected chi connectivity index (χ2v) is 13.6. The summed E-state index contributed by atoms with van der Waals surface area (Å²) in [5.74, 6) is 0.215. The van der Waals surface area contributed by atoms with Gasteiger partial charge in [-0.25, -0.2) is 0 Å². The number of fused-ring (bicyclic) bond motifs is 5. The third kappa shape index (κ3) is 4.23. The molecule has 2 aromatic heterocycles. The van der Waals surface area contributed by atoms with Crippen molar-refractivity contribution in [1.29, 1.82) is 0 Å². The lowest BCUT2D eigenvalue weighted by atomic mass is 9.49. The van der Waals surface area contributed by atoms with E-state index in [-0.39, 0.29) is 11.8 Å². The highest BCUT2D eigenvalue weighted by Gasteiger charge is 2.67. The van der Waals surface area contributed by atoms with Crippen LogP contribution in [0.5, 0.6) is 0 Å². The maximum atomic E-state index is 7.56. The van der Waals surface area contributed by atoms with E-state index in [1.165, 1.54) is 22.3 Å². The number of benzene rings is 4. The largest absolute Gasteiger partial charge is 0.374 e. The molecule has 0 N–H and O–H groups in total. The quantitative estimate of drug-likeness (QED) is 0.165. The second kappa shape index (κ2) is 11.8. The Morgan fingerprint density at radius 3 is 1.18 bits per heavy atom. The lowest BCUT2D eigenvalue weighted by Gasteiger charge is -2.61. The average Bonchev–Trinajstić information content (AvgIpc) is 3.17. The van der Waals surface area contributed by atoms with Crippen LogP contribution < -0.4 is 0 Å². The van der Waals surface area contributed by atoms with E-state index in [0.717, 1.165) is 44.8 Å². The predicted octanol–water partition coefficient (Wildman–Crippen LogP) is 8.02. The van der Waals surface area contributed by atoms with Crippen LogP contribution in [0, 0.1) is 0 Å². The summed E-state index contributed by atoms with van der Waals surface area (Å²) in [5.41, 5.74) is 11.3. The molecule has 0 fully saturated rings. The normalized spacial score (nSPS) is 25.0. The first-order chi connectivity index (χ1) is 24.8. The van der Waals surface area contributed by atoms with Crippen molar-refractivity contribution in [2.45, 2.75) is 36.3 Å². The van der Waals surface area contributed by atoms with Gasteiger partial charge in [-0.2, -0.15) is 0 Å². The number of hydrogen-bond donors (Lipinski definition) is 0. The topological polar surface area (TPSA) is 62.7 Å². The van der Waals surface area contributed by atoms with Gasteiger partial charge in [0.15, 0.2) is 11.2 Å². The van der Waals surface area contributed by atoms with Crippen molar-refractivity contribution in [3.05, 3.63) is 189 Å². The van der Waals surface area contributed by atoms with Crippen LogP contribution in [-0.2, 0) is 43.4 Å². The summed E-state index contributed by atoms with van der Waals surface area (Å²) in [6, 6.07) is 43.6. The van der Waals surface area contributed by atoms with Crippen molar-refractivity contribution in [2.75, 3.05) is 26.4 Å². The highest BCUT2D eigenvalue weighted by atomic mass is 16.6. The molecule has 7 aliphatic rings. The number of nitrogens with zero attached hydrogens (tertiary/aromatic N) is 2. The van der Waals surface area contributed by atoms with Gasteiger partial charge in [0.05, 0.1) is 51.0 Å². The van der Waals surface area contributed by atoms with E-state index in [0.29, 0.717) is 39.6 Å². The number of hydrogen-bond acceptors (Lipinski definition) is 6. The zero-order valence-corrected chi connectivity index (χ0v) is 27.6. The smallest absolute Gasteiger partial charge is 0.156 e. The second-order valence-electron chi connectivity index (χ2n) is 13.6. The van der Waals surface area contributed by atoms with E-state index in [2.05, 4.69) is 107 Å². The van der Waals surface area contributed by atoms with Crippen LogP contribution in [-0.4, -0.2) is 36.4 Å². The average molecular weight is 657 g/mol. The fourth-order valence-corrected chi connectivity index (χ4v) is 9.27. The Labute approximate surface area is 291 Å².